The van der Waals surface area contributed by atoms with Gasteiger partial charge in [-0.3, -0.25) is 9.89 Å². The fourth-order valence-electron chi connectivity index (χ4n) is 1.27. The van der Waals surface area contributed by atoms with Crippen LogP contribution in [0.4, 0.5) is 0 Å². The predicted molar refractivity (Wildman–Crippen MR) is 62.0 cm³/mol. The van der Waals surface area contributed by atoms with Crippen LogP contribution in [0.15, 0.2) is 21.4 Å². The van der Waals surface area contributed by atoms with Crippen molar-refractivity contribution in [2.24, 2.45) is 0 Å². The number of nitrogens with zero attached hydrogens (tertiary/aromatic N) is 1. The largest absolute Gasteiger partial charge is 0.476 e. The van der Waals surface area contributed by atoms with Gasteiger partial charge in [-0.05, 0) is 28.1 Å². The van der Waals surface area contributed by atoms with Crippen molar-refractivity contribution in [1.82, 2.24) is 10.2 Å². The lowest BCUT2D eigenvalue weighted by Gasteiger charge is -2.01. The van der Waals surface area contributed by atoms with E-state index >= 15 is 0 Å². The average Bonchev–Trinajstić information content (AvgIpc) is 2.21. The van der Waals surface area contributed by atoms with Crippen LogP contribution in [0.3, 0.4) is 0 Å². The number of aromatic amines is 1. The number of aromatic carboxylic acids is 1. The van der Waals surface area contributed by atoms with Gasteiger partial charge in [0.25, 0.3) is 0 Å². The second-order valence-electron chi connectivity index (χ2n) is 3.02. The van der Waals surface area contributed by atoms with Gasteiger partial charge >= 0.3 is 5.97 Å². The second kappa shape index (κ2) is 3.88. The number of rotatable bonds is 1. The van der Waals surface area contributed by atoms with Gasteiger partial charge in [-0.15, -0.1) is 0 Å². The monoisotopic (exact) mass is 302 g/mol. The Morgan fingerprint density at radius 3 is 2.81 bits per heavy atom. The highest BCUT2D eigenvalue weighted by molar-refractivity contribution is 9.10. The fourth-order valence-corrected chi connectivity index (χ4v) is 1.77. The van der Waals surface area contributed by atoms with Gasteiger partial charge in [0.2, 0.25) is 11.1 Å². The van der Waals surface area contributed by atoms with E-state index in [0.717, 1.165) is 0 Å². The minimum atomic E-state index is -1.37. The summed E-state index contributed by atoms with van der Waals surface area (Å²) in [5.41, 5.74) is -0.784. The molecule has 0 unspecified atom stereocenters. The van der Waals surface area contributed by atoms with Crippen molar-refractivity contribution in [1.29, 1.82) is 0 Å². The van der Waals surface area contributed by atoms with Gasteiger partial charge in [0.1, 0.15) is 0 Å². The van der Waals surface area contributed by atoms with Crippen LogP contribution >= 0.6 is 27.5 Å². The molecule has 0 spiro atoms. The molecule has 2 rings (SSSR count). The summed E-state index contributed by atoms with van der Waals surface area (Å²) in [4.78, 5) is 22.4. The Morgan fingerprint density at radius 2 is 2.19 bits per heavy atom. The molecule has 0 radical (unpaired) electrons. The van der Waals surface area contributed by atoms with E-state index in [0.29, 0.717) is 15.0 Å². The standard InChI is InChI=1S/C9H4BrClN2O3/c10-4-2-6-3(1-5(4)11)8(14)7(9(15)16)13-12-6/h1-2H,(H,12,14)(H,15,16). The molecule has 1 aromatic carbocycles. The molecule has 0 saturated heterocycles. The Kier molecular flexibility index (Phi) is 2.69. The lowest BCUT2D eigenvalue weighted by molar-refractivity contribution is 0.0688. The molecule has 0 amide bonds. The number of hydrogen-bond donors (Lipinski definition) is 2. The van der Waals surface area contributed by atoms with E-state index in [4.69, 9.17) is 16.7 Å². The molecule has 0 atom stereocenters. The SMILES string of the molecule is O=C(O)c1n[nH]c2cc(Br)c(Cl)cc2c1=O. The molecule has 82 valence electrons. The first-order chi connectivity index (χ1) is 7.50. The fraction of sp³-hybridized carbons (Fsp3) is 0. The van der Waals surface area contributed by atoms with Crippen molar-refractivity contribution in [2.45, 2.75) is 0 Å². The van der Waals surface area contributed by atoms with Crippen LogP contribution in [0.2, 0.25) is 5.02 Å². The number of fused-ring (bicyclic) bond motifs is 1. The van der Waals surface area contributed by atoms with E-state index in [1.165, 1.54) is 6.07 Å². The maximum atomic E-state index is 11.7. The zero-order chi connectivity index (χ0) is 11.9. The lowest BCUT2D eigenvalue weighted by Crippen LogP contribution is -2.18. The summed E-state index contributed by atoms with van der Waals surface area (Å²) in [7, 11) is 0. The van der Waals surface area contributed by atoms with E-state index in [-0.39, 0.29) is 5.39 Å². The Hall–Kier alpha value is -1.40. The summed E-state index contributed by atoms with van der Waals surface area (Å²) in [6, 6.07) is 2.96. The number of carbonyl (C=O) groups is 1. The number of carboxylic acids is 1. The normalized spacial score (nSPS) is 10.6. The third-order valence-corrected chi connectivity index (χ3v) is 3.21. The Balaban J connectivity index is 2.90. The molecule has 2 aromatic rings. The molecule has 0 fully saturated rings. The molecular weight excluding hydrogens is 299 g/mol. The van der Waals surface area contributed by atoms with Crippen molar-refractivity contribution in [3.8, 4) is 0 Å². The van der Waals surface area contributed by atoms with Crippen LogP contribution in [-0.4, -0.2) is 21.3 Å². The first kappa shape index (κ1) is 11.1. The topological polar surface area (TPSA) is 83.0 Å². The van der Waals surface area contributed by atoms with Gasteiger partial charge in [-0.1, -0.05) is 11.6 Å². The van der Waals surface area contributed by atoms with Gasteiger partial charge in [0.05, 0.1) is 15.9 Å². The maximum Gasteiger partial charge on any atom is 0.360 e. The van der Waals surface area contributed by atoms with E-state index < -0.39 is 17.1 Å². The molecular formula is C9H4BrClN2O3. The quantitative estimate of drug-likeness (QED) is 0.844. The number of hydrogen-bond acceptors (Lipinski definition) is 3. The highest BCUT2D eigenvalue weighted by Crippen LogP contribution is 2.25. The first-order valence-corrected chi connectivity index (χ1v) is 5.28. The number of nitrogens with one attached hydrogen (secondary N) is 1. The van der Waals surface area contributed by atoms with Gasteiger partial charge in [0, 0.05) is 4.47 Å². The van der Waals surface area contributed by atoms with Crippen molar-refractivity contribution >= 4 is 44.4 Å². The summed E-state index contributed by atoms with van der Waals surface area (Å²) in [5.74, 6) is -1.37. The van der Waals surface area contributed by atoms with Crippen LogP contribution in [0, 0.1) is 0 Å². The van der Waals surface area contributed by atoms with Crippen LogP contribution in [0.5, 0.6) is 0 Å². The van der Waals surface area contributed by atoms with Crippen LogP contribution in [0.25, 0.3) is 10.9 Å². The summed E-state index contributed by atoms with van der Waals surface area (Å²) in [6.45, 7) is 0. The average molecular weight is 303 g/mol. The third kappa shape index (κ3) is 1.70. The number of aromatic nitrogens is 2. The third-order valence-electron chi connectivity index (χ3n) is 2.01. The van der Waals surface area contributed by atoms with Crippen LogP contribution in [-0.2, 0) is 0 Å². The number of benzene rings is 1. The smallest absolute Gasteiger partial charge is 0.360 e. The maximum absolute atomic E-state index is 11.7. The molecule has 0 aliphatic heterocycles. The highest BCUT2D eigenvalue weighted by atomic mass is 79.9. The summed E-state index contributed by atoms with van der Waals surface area (Å²) in [5, 5.41) is 15.2. The molecule has 1 heterocycles. The van der Waals surface area contributed by atoms with E-state index in [1.807, 2.05) is 0 Å². The Morgan fingerprint density at radius 1 is 1.50 bits per heavy atom. The Bertz CT molecular complexity index is 653. The van der Waals surface area contributed by atoms with Gasteiger partial charge in [-0.2, -0.15) is 5.10 Å². The summed E-state index contributed by atoms with van der Waals surface area (Å²) < 4.78 is 0.599. The molecule has 0 saturated carbocycles. The van der Waals surface area contributed by atoms with Gasteiger partial charge in [-0.25, -0.2) is 4.79 Å². The van der Waals surface area contributed by atoms with Crippen molar-refractivity contribution in [2.75, 3.05) is 0 Å². The van der Waals surface area contributed by atoms with Crippen LogP contribution < -0.4 is 5.43 Å². The second-order valence-corrected chi connectivity index (χ2v) is 4.28. The first-order valence-electron chi connectivity index (χ1n) is 4.11. The lowest BCUT2D eigenvalue weighted by atomic mass is 10.2. The predicted octanol–water partition coefficient (Wildman–Crippen LogP) is 2.04. The zero-order valence-electron chi connectivity index (χ0n) is 7.62. The van der Waals surface area contributed by atoms with Crippen molar-refractivity contribution < 1.29 is 9.90 Å². The van der Waals surface area contributed by atoms with E-state index in [2.05, 4.69) is 26.1 Å². The summed E-state index contributed by atoms with van der Waals surface area (Å²) >= 11 is 9.01. The van der Waals surface area contributed by atoms with Crippen molar-refractivity contribution in [3.05, 3.63) is 37.5 Å². The van der Waals surface area contributed by atoms with E-state index in [9.17, 15) is 9.59 Å². The van der Waals surface area contributed by atoms with E-state index in [1.54, 1.807) is 6.07 Å². The molecule has 0 bridgehead atoms. The molecule has 0 aliphatic rings. The molecule has 2 N–H and O–H groups in total. The number of H-pyrrole nitrogens is 1. The van der Waals surface area contributed by atoms with Crippen LogP contribution in [0.1, 0.15) is 10.5 Å². The minimum Gasteiger partial charge on any atom is -0.476 e. The Labute approximate surface area is 102 Å². The molecule has 1 aromatic heterocycles. The molecule has 16 heavy (non-hydrogen) atoms. The molecule has 0 aliphatic carbocycles. The molecule has 5 nitrogen and oxygen atoms in total. The minimum absolute atomic E-state index is 0.195. The molecule has 7 heteroatoms. The van der Waals surface area contributed by atoms with Crippen molar-refractivity contribution in [3.63, 3.8) is 0 Å². The number of carboxylic acid groups (broad SMARTS) is 1. The highest BCUT2D eigenvalue weighted by Gasteiger charge is 2.14. The summed E-state index contributed by atoms with van der Waals surface area (Å²) in [6.07, 6.45) is 0. The van der Waals surface area contributed by atoms with Gasteiger partial charge < -0.3 is 5.11 Å². The van der Waals surface area contributed by atoms with Gasteiger partial charge in [0.15, 0.2) is 0 Å². The zero-order valence-corrected chi connectivity index (χ0v) is 9.96. The number of halogens is 2.